The Morgan fingerprint density at radius 3 is 2.25 bits per heavy atom. The highest BCUT2D eigenvalue weighted by Gasteiger charge is 2.17. The Morgan fingerprint density at radius 1 is 1.00 bits per heavy atom. The van der Waals surface area contributed by atoms with Crippen molar-refractivity contribution in [1.82, 2.24) is 5.32 Å². The molecule has 2 aromatic carbocycles. The van der Waals surface area contributed by atoms with Crippen LogP contribution in [0.3, 0.4) is 0 Å². The van der Waals surface area contributed by atoms with Crippen LogP contribution in [0.5, 0.6) is 0 Å². The van der Waals surface area contributed by atoms with Crippen LogP contribution in [0.1, 0.15) is 23.6 Å². The molecule has 0 radical (unpaired) electrons. The lowest BCUT2D eigenvalue weighted by Gasteiger charge is -2.17. The zero-order valence-corrected chi connectivity index (χ0v) is 13.4. The van der Waals surface area contributed by atoms with Gasteiger partial charge < -0.3 is 15.2 Å². The first-order valence-electron chi connectivity index (χ1n) is 7.83. The molecule has 0 saturated carbocycles. The van der Waals surface area contributed by atoms with E-state index in [1.165, 1.54) is 0 Å². The molecular weight excluding hydrogens is 306 g/mol. The van der Waals surface area contributed by atoms with Gasteiger partial charge in [0.1, 0.15) is 6.61 Å². The van der Waals surface area contributed by atoms with E-state index >= 15 is 0 Å². The van der Waals surface area contributed by atoms with Gasteiger partial charge in [0.2, 0.25) is 5.91 Å². The molecule has 126 valence electrons. The Kier molecular flexibility index (Phi) is 6.98. The van der Waals surface area contributed by atoms with Crippen molar-refractivity contribution in [3.63, 3.8) is 0 Å². The summed E-state index contributed by atoms with van der Waals surface area (Å²) in [5.74, 6) is -1.28. The first kappa shape index (κ1) is 17.7. The highest BCUT2D eigenvalue weighted by atomic mass is 16.5. The maximum atomic E-state index is 12.0. The van der Waals surface area contributed by atoms with Crippen LogP contribution in [0.25, 0.3) is 0 Å². The van der Waals surface area contributed by atoms with E-state index in [-0.39, 0.29) is 18.9 Å². The van der Waals surface area contributed by atoms with E-state index in [4.69, 9.17) is 9.84 Å². The number of carbonyl (C=O) groups is 2. The Labute approximate surface area is 141 Å². The summed E-state index contributed by atoms with van der Waals surface area (Å²) >= 11 is 0. The molecule has 2 N–H and O–H groups in total. The first-order chi connectivity index (χ1) is 11.6. The second-order valence-corrected chi connectivity index (χ2v) is 5.42. The molecule has 0 aliphatic rings. The monoisotopic (exact) mass is 327 g/mol. The number of hydrogen-bond acceptors (Lipinski definition) is 3. The van der Waals surface area contributed by atoms with Gasteiger partial charge in [0.15, 0.2) is 0 Å². The van der Waals surface area contributed by atoms with Crippen molar-refractivity contribution < 1.29 is 19.4 Å². The van der Waals surface area contributed by atoms with Crippen LogP contribution >= 0.6 is 0 Å². The number of benzene rings is 2. The third kappa shape index (κ3) is 6.22. The highest BCUT2D eigenvalue weighted by molar-refractivity contribution is 5.78. The van der Waals surface area contributed by atoms with Crippen LogP contribution in [0.2, 0.25) is 0 Å². The highest BCUT2D eigenvalue weighted by Crippen LogP contribution is 2.16. The molecule has 24 heavy (non-hydrogen) atoms. The number of aliphatic carboxylic acids is 1. The average molecular weight is 327 g/mol. The van der Waals surface area contributed by atoms with Crippen molar-refractivity contribution in [1.29, 1.82) is 0 Å². The van der Waals surface area contributed by atoms with E-state index in [1.54, 1.807) is 12.1 Å². The van der Waals surface area contributed by atoms with Crippen LogP contribution in [-0.2, 0) is 20.7 Å². The van der Waals surface area contributed by atoms with Crippen molar-refractivity contribution in [2.45, 2.75) is 18.9 Å². The summed E-state index contributed by atoms with van der Waals surface area (Å²) in [5.41, 5.74) is 1.91. The van der Waals surface area contributed by atoms with E-state index in [0.29, 0.717) is 6.61 Å². The predicted molar refractivity (Wildman–Crippen MR) is 90.5 cm³/mol. The molecule has 0 spiro atoms. The normalized spacial score (nSPS) is 11.7. The molecule has 0 aromatic heterocycles. The lowest BCUT2D eigenvalue weighted by molar-refractivity contribution is -0.138. The first-order valence-corrected chi connectivity index (χ1v) is 7.83. The smallest absolute Gasteiger partial charge is 0.305 e. The van der Waals surface area contributed by atoms with E-state index in [2.05, 4.69) is 5.32 Å². The molecule has 0 aliphatic heterocycles. The number of ether oxygens (including phenoxy) is 1. The van der Waals surface area contributed by atoms with Gasteiger partial charge in [0.05, 0.1) is 19.1 Å². The van der Waals surface area contributed by atoms with E-state index in [1.807, 2.05) is 48.5 Å². The molecule has 0 fully saturated rings. The Hall–Kier alpha value is -2.66. The van der Waals surface area contributed by atoms with Crippen molar-refractivity contribution >= 4 is 11.9 Å². The molecule has 0 saturated heterocycles. The molecule has 1 amide bonds. The third-order valence-electron chi connectivity index (χ3n) is 3.53. The number of carboxylic acid groups (broad SMARTS) is 1. The van der Waals surface area contributed by atoms with Gasteiger partial charge in [-0.3, -0.25) is 9.59 Å². The number of nitrogens with one attached hydrogen (secondary N) is 1. The summed E-state index contributed by atoms with van der Waals surface area (Å²) in [6.45, 7) is 0.349. The van der Waals surface area contributed by atoms with Gasteiger partial charge in [0.25, 0.3) is 0 Å². The quantitative estimate of drug-likeness (QED) is 0.694. The molecule has 2 rings (SSSR count). The van der Waals surface area contributed by atoms with Gasteiger partial charge >= 0.3 is 5.97 Å². The van der Waals surface area contributed by atoms with Gasteiger partial charge in [-0.15, -0.1) is 0 Å². The van der Waals surface area contributed by atoms with Crippen molar-refractivity contribution in [2.75, 3.05) is 13.2 Å². The molecule has 0 bridgehead atoms. The van der Waals surface area contributed by atoms with Crippen LogP contribution in [0, 0.1) is 0 Å². The van der Waals surface area contributed by atoms with E-state index in [9.17, 15) is 9.59 Å². The summed E-state index contributed by atoms with van der Waals surface area (Å²) in [6, 6.07) is 18.4. The summed E-state index contributed by atoms with van der Waals surface area (Å²) in [5, 5.41) is 11.7. The largest absolute Gasteiger partial charge is 0.481 e. The van der Waals surface area contributed by atoms with Gasteiger partial charge in [0, 0.05) is 0 Å². The maximum absolute atomic E-state index is 12.0. The molecular formula is C19H21NO4. The zero-order valence-electron chi connectivity index (χ0n) is 13.4. The summed E-state index contributed by atoms with van der Waals surface area (Å²) in [6.07, 6.45) is 0.561. The zero-order chi connectivity index (χ0) is 17.2. The predicted octanol–water partition coefficient (Wildman–Crippen LogP) is 2.58. The van der Waals surface area contributed by atoms with Crippen molar-refractivity contribution in [2.24, 2.45) is 0 Å². The number of carbonyl (C=O) groups excluding carboxylic acids is 1. The molecule has 1 atom stereocenters. The van der Waals surface area contributed by atoms with Crippen molar-refractivity contribution in [3.8, 4) is 0 Å². The number of amides is 1. The second-order valence-electron chi connectivity index (χ2n) is 5.42. The Balaban J connectivity index is 1.79. The second kappa shape index (κ2) is 9.47. The fourth-order valence-electron chi connectivity index (χ4n) is 2.35. The van der Waals surface area contributed by atoms with Gasteiger partial charge in [-0.25, -0.2) is 0 Å². The fraction of sp³-hybridized carbons (Fsp3) is 0.263. The summed E-state index contributed by atoms with van der Waals surface area (Å²) < 4.78 is 5.38. The summed E-state index contributed by atoms with van der Waals surface area (Å²) in [4.78, 5) is 23.0. The maximum Gasteiger partial charge on any atom is 0.305 e. The number of hydrogen-bond donors (Lipinski definition) is 2. The number of carboxylic acids is 1. The van der Waals surface area contributed by atoms with Crippen LogP contribution in [-0.4, -0.2) is 30.2 Å². The number of rotatable bonds is 9. The minimum atomic E-state index is -0.964. The minimum absolute atomic E-state index is 0.0875. The molecule has 0 heterocycles. The van der Waals surface area contributed by atoms with Crippen LogP contribution in [0.15, 0.2) is 60.7 Å². The lowest BCUT2D eigenvalue weighted by Crippen LogP contribution is -2.33. The topological polar surface area (TPSA) is 75.6 Å². The van der Waals surface area contributed by atoms with Crippen LogP contribution < -0.4 is 5.32 Å². The van der Waals surface area contributed by atoms with E-state index in [0.717, 1.165) is 17.5 Å². The van der Waals surface area contributed by atoms with Gasteiger partial charge in [-0.05, 0) is 17.5 Å². The lowest BCUT2D eigenvalue weighted by atomic mass is 10.0. The SMILES string of the molecule is O=C(O)CC(NC(=O)COCCc1ccccc1)c1ccccc1. The fourth-order valence-corrected chi connectivity index (χ4v) is 2.35. The van der Waals surface area contributed by atoms with Crippen LogP contribution in [0.4, 0.5) is 0 Å². The molecule has 5 nitrogen and oxygen atoms in total. The van der Waals surface area contributed by atoms with E-state index < -0.39 is 12.0 Å². The molecule has 0 aliphatic carbocycles. The molecule has 2 aromatic rings. The molecule has 5 heteroatoms. The summed E-state index contributed by atoms with van der Waals surface area (Å²) in [7, 11) is 0. The van der Waals surface area contributed by atoms with Gasteiger partial charge in [-0.2, -0.15) is 0 Å². The molecule has 1 unspecified atom stereocenters. The Bertz CT molecular complexity index is 643. The Morgan fingerprint density at radius 2 is 1.62 bits per heavy atom. The standard InChI is InChI=1S/C19H21NO4/c21-18(14-24-12-11-15-7-3-1-4-8-15)20-17(13-19(22)23)16-9-5-2-6-10-16/h1-10,17H,11-14H2,(H,20,21)(H,22,23). The third-order valence-corrected chi connectivity index (χ3v) is 3.53. The van der Waals surface area contributed by atoms with Gasteiger partial charge in [-0.1, -0.05) is 60.7 Å². The average Bonchev–Trinajstić information content (AvgIpc) is 2.59. The minimum Gasteiger partial charge on any atom is -0.481 e. The van der Waals surface area contributed by atoms with Crippen molar-refractivity contribution in [3.05, 3.63) is 71.8 Å².